The molecule has 0 bridgehead atoms. The van der Waals surface area contributed by atoms with Gasteiger partial charge in [-0.05, 0) is 171 Å². The Morgan fingerprint density at radius 3 is 1.46 bits per heavy atom. The van der Waals surface area contributed by atoms with Gasteiger partial charge in [-0.15, -0.1) is 0 Å². The van der Waals surface area contributed by atoms with Gasteiger partial charge in [-0.3, -0.25) is 9.59 Å². The van der Waals surface area contributed by atoms with Crippen LogP contribution < -0.4 is 0 Å². The number of ether oxygens (including phenoxy) is 5. The number of carboxylic acids is 1. The molecule has 0 spiro atoms. The Morgan fingerprint density at radius 1 is 0.608 bits per heavy atom. The molecule has 74 heavy (non-hydrogen) atoms. The SMILES string of the molecule is CCOC(=O)C(CO[C@@H]1CCC[C@H](OCc2nc(-c3cccc(C)c3)oc2C)C1)Cc1ccc(F)c(C)c1.Cc1cccc(-c2nc(CO[C@H]3CCC[C@@H](OCC(Cc4ccc(F)c(C)c4)C(=O)O)C3)c(C)o2)c1. The van der Waals surface area contributed by atoms with Crippen molar-refractivity contribution in [2.24, 2.45) is 11.8 Å². The third-order valence-electron chi connectivity index (χ3n) is 13.8. The molecule has 2 unspecified atom stereocenters. The summed E-state index contributed by atoms with van der Waals surface area (Å²) in [5.74, 6) is -0.163. The molecule has 396 valence electrons. The summed E-state index contributed by atoms with van der Waals surface area (Å²) >= 11 is 0. The molecular weight excluding hydrogens is 947 g/mol. The summed E-state index contributed by atoms with van der Waals surface area (Å²) in [6.07, 6.45) is 7.86. The third kappa shape index (κ3) is 16.2. The number of rotatable bonds is 21. The van der Waals surface area contributed by atoms with Crippen LogP contribution in [0.1, 0.15) is 115 Å². The van der Waals surface area contributed by atoms with E-state index >= 15 is 0 Å². The summed E-state index contributed by atoms with van der Waals surface area (Å²) in [5.41, 5.74) is 8.55. The largest absolute Gasteiger partial charge is 0.481 e. The molecule has 6 aromatic rings. The highest BCUT2D eigenvalue weighted by Crippen LogP contribution is 2.30. The summed E-state index contributed by atoms with van der Waals surface area (Å²) in [7, 11) is 0. The van der Waals surface area contributed by atoms with Gasteiger partial charge < -0.3 is 37.6 Å². The lowest BCUT2D eigenvalue weighted by Crippen LogP contribution is -2.32. The summed E-state index contributed by atoms with van der Waals surface area (Å²) < 4.78 is 69.0. The number of aromatic nitrogens is 2. The number of esters is 1. The van der Waals surface area contributed by atoms with Gasteiger partial charge in [0.25, 0.3) is 0 Å². The molecule has 14 heteroatoms. The molecule has 0 amide bonds. The van der Waals surface area contributed by atoms with Gasteiger partial charge in [-0.2, -0.15) is 0 Å². The van der Waals surface area contributed by atoms with Crippen molar-refractivity contribution in [3.63, 3.8) is 0 Å². The Bertz CT molecular complexity index is 2790. The first kappa shape index (κ1) is 55.7. The maximum Gasteiger partial charge on any atom is 0.311 e. The van der Waals surface area contributed by atoms with Gasteiger partial charge in [-0.1, -0.05) is 59.7 Å². The zero-order valence-corrected chi connectivity index (χ0v) is 43.9. The van der Waals surface area contributed by atoms with Gasteiger partial charge in [0, 0.05) is 11.1 Å². The predicted molar refractivity (Wildman–Crippen MR) is 277 cm³/mol. The average molecular weight is 1020 g/mol. The zero-order valence-electron chi connectivity index (χ0n) is 43.9. The van der Waals surface area contributed by atoms with Crippen LogP contribution in [0.25, 0.3) is 22.9 Å². The molecular formula is C60H72F2N2O10. The molecule has 0 radical (unpaired) electrons. The van der Waals surface area contributed by atoms with E-state index < -0.39 is 17.8 Å². The van der Waals surface area contributed by atoms with Crippen LogP contribution in [-0.2, 0) is 59.3 Å². The summed E-state index contributed by atoms with van der Waals surface area (Å²) in [5, 5.41) is 9.68. The van der Waals surface area contributed by atoms with E-state index in [1.54, 1.807) is 45.0 Å². The lowest BCUT2D eigenvalue weighted by Gasteiger charge is -2.30. The van der Waals surface area contributed by atoms with E-state index in [1.807, 2.05) is 70.2 Å². The molecule has 0 aliphatic heterocycles. The highest BCUT2D eigenvalue weighted by atomic mass is 19.1. The topological polar surface area (TPSA) is 153 Å². The molecule has 4 aromatic carbocycles. The number of carbonyl (C=O) groups excluding carboxylic acids is 1. The monoisotopic (exact) mass is 1020 g/mol. The predicted octanol–water partition coefficient (Wildman–Crippen LogP) is 12.9. The maximum atomic E-state index is 13.7. The van der Waals surface area contributed by atoms with E-state index in [2.05, 4.69) is 16.0 Å². The van der Waals surface area contributed by atoms with Gasteiger partial charge in [0.2, 0.25) is 11.8 Å². The molecule has 2 aliphatic carbocycles. The molecule has 2 saturated carbocycles. The van der Waals surface area contributed by atoms with Crippen molar-refractivity contribution in [2.45, 2.75) is 150 Å². The highest BCUT2D eigenvalue weighted by molar-refractivity contribution is 5.73. The maximum absolute atomic E-state index is 13.7. The fraction of sp³-hybridized carbons (Fsp3) is 0.467. The lowest BCUT2D eigenvalue weighted by atomic mass is 9.94. The van der Waals surface area contributed by atoms with Crippen LogP contribution in [0.4, 0.5) is 8.78 Å². The molecule has 8 rings (SSSR count). The van der Waals surface area contributed by atoms with Crippen LogP contribution >= 0.6 is 0 Å². The summed E-state index contributed by atoms with van der Waals surface area (Å²) in [6.45, 7) is 14.5. The highest BCUT2D eigenvalue weighted by Gasteiger charge is 2.29. The minimum Gasteiger partial charge on any atom is -0.481 e. The molecule has 1 N–H and O–H groups in total. The Labute approximate surface area is 434 Å². The second-order valence-corrected chi connectivity index (χ2v) is 20.0. The molecule has 2 aliphatic rings. The number of aliphatic carboxylic acids is 1. The minimum absolute atomic E-state index is 0.00175. The summed E-state index contributed by atoms with van der Waals surface area (Å²) in [4.78, 5) is 33.8. The standard InChI is InChI=1S/C31H38FNO5.C29H34FNO5/c1-5-35-31(34)25(16-23-12-13-28(32)21(3)15-23)18-36-26-10-7-11-27(17-26)37-19-29-22(4)38-30(33-29)24-9-6-8-20(2)14-24;1-18-6-4-7-22(12-18)28-31-27(20(3)36-28)17-35-25-9-5-8-24(15-25)34-16-23(29(32)33)14-21-10-11-26(30)19(2)13-21/h6,8-9,12-15,25-27H,5,7,10-11,16-19H2,1-4H3;4,6-7,10-13,23-25H,5,8-9,14-17H2,1-3H3,(H,32,33)/t25?,26-,27+;23?,24-,25+/m11/s1. The number of halogens is 2. The number of benzene rings is 4. The number of aryl methyl sites for hydroxylation is 6. The minimum atomic E-state index is -0.911. The first-order chi connectivity index (χ1) is 35.6. The van der Waals surface area contributed by atoms with E-state index in [0.29, 0.717) is 62.0 Å². The van der Waals surface area contributed by atoms with Crippen molar-refractivity contribution in [3.8, 4) is 22.9 Å². The number of carbonyl (C=O) groups is 2. The van der Waals surface area contributed by atoms with Crippen LogP contribution in [0.15, 0.2) is 93.8 Å². The van der Waals surface area contributed by atoms with Crippen LogP contribution in [0, 0.1) is 65.0 Å². The zero-order chi connectivity index (χ0) is 52.7. The number of oxazole rings is 2. The van der Waals surface area contributed by atoms with Crippen LogP contribution in [0.3, 0.4) is 0 Å². The Morgan fingerprint density at radius 2 is 1.04 bits per heavy atom. The second-order valence-electron chi connectivity index (χ2n) is 20.0. The molecule has 2 aromatic heterocycles. The van der Waals surface area contributed by atoms with Gasteiger partial charge in [0.1, 0.15) is 34.5 Å². The van der Waals surface area contributed by atoms with Crippen LogP contribution in [0.2, 0.25) is 0 Å². The van der Waals surface area contributed by atoms with E-state index in [9.17, 15) is 23.5 Å². The average Bonchev–Trinajstić information content (AvgIpc) is 3.96. The number of hydrogen-bond donors (Lipinski definition) is 1. The second kappa shape index (κ2) is 26.9. The third-order valence-corrected chi connectivity index (χ3v) is 13.8. The summed E-state index contributed by atoms with van der Waals surface area (Å²) in [6, 6.07) is 25.8. The quantitative estimate of drug-likeness (QED) is 0.0683. The molecule has 2 fully saturated rings. The van der Waals surface area contributed by atoms with Gasteiger partial charge in [0.15, 0.2) is 0 Å². The fourth-order valence-corrected chi connectivity index (χ4v) is 9.56. The molecule has 12 nitrogen and oxygen atoms in total. The number of carboxylic acid groups (broad SMARTS) is 1. The van der Waals surface area contributed by atoms with Crippen molar-refractivity contribution in [3.05, 3.63) is 153 Å². The van der Waals surface area contributed by atoms with E-state index in [4.69, 9.17) is 32.5 Å². The Hall–Kier alpha value is -6.06. The van der Waals surface area contributed by atoms with Gasteiger partial charge in [-0.25, -0.2) is 18.7 Å². The van der Waals surface area contributed by atoms with Crippen LogP contribution in [-0.4, -0.2) is 71.2 Å². The lowest BCUT2D eigenvalue weighted by molar-refractivity contribution is -0.152. The van der Waals surface area contributed by atoms with Gasteiger partial charge in [0.05, 0.1) is 69.3 Å². The van der Waals surface area contributed by atoms with Crippen molar-refractivity contribution in [2.75, 3.05) is 19.8 Å². The normalized spacial score (nSPS) is 18.6. The smallest absolute Gasteiger partial charge is 0.311 e. The first-order valence-electron chi connectivity index (χ1n) is 26.0. The Balaban J connectivity index is 0.000000217. The van der Waals surface area contributed by atoms with Crippen LogP contribution in [0.5, 0.6) is 0 Å². The van der Waals surface area contributed by atoms with E-state index in [1.165, 1.54) is 12.1 Å². The number of hydrogen-bond acceptors (Lipinski definition) is 11. The van der Waals surface area contributed by atoms with E-state index in [-0.39, 0.29) is 55.2 Å². The molecule has 0 saturated heterocycles. The fourth-order valence-electron chi connectivity index (χ4n) is 9.56. The number of nitrogens with zero attached hydrogens (tertiary/aromatic N) is 2. The van der Waals surface area contributed by atoms with Crippen molar-refractivity contribution in [1.29, 1.82) is 0 Å². The first-order valence-corrected chi connectivity index (χ1v) is 26.0. The molecule has 2 heterocycles. The van der Waals surface area contributed by atoms with Gasteiger partial charge >= 0.3 is 11.9 Å². The Kier molecular flexibility index (Phi) is 20.3. The van der Waals surface area contributed by atoms with E-state index in [0.717, 1.165) is 101 Å². The van der Waals surface area contributed by atoms with Crippen molar-refractivity contribution in [1.82, 2.24) is 9.97 Å². The van der Waals surface area contributed by atoms with Crippen molar-refractivity contribution < 1.29 is 56.0 Å². The molecule has 6 atom stereocenters. The van der Waals surface area contributed by atoms with Crippen molar-refractivity contribution >= 4 is 11.9 Å².